The topological polar surface area (TPSA) is 59.1 Å². The van der Waals surface area contributed by atoms with Gasteiger partial charge in [0.25, 0.3) is 0 Å². The molecule has 2 N–H and O–H groups in total. The molecule has 0 spiro atoms. The van der Waals surface area contributed by atoms with E-state index in [0.717, 1.165) is 0 Å². The summed E-state index contributed by atoms with van der Waals surface area (Å²) >= 11 is 5.81. The van der Waals surface area contributed by atoms with Gasteiger partial charge in [-0.3, -0.25) is 0 Å². The standard InChI is InChI=1S/C20H17ClF4N4O/c1-11(2)26-19-28-17(12-4-3-5-14(8-12)30-20(23,24)25)10-18(29-19)27-13-6-7-16(22)15(21)9-13/h3-11H,1-2H3,(H2,26,27,28,29). The molecule has 3 rings (SSSR count). The Kier molecular flexibility index (Phi) is 6.31. The quantitative estimate of drug-likeness (QED) is 0.434. The van der Waals surface area contributed by atoms with Gasteiger partial charge in [0.15, 0.2) is 0 Å². The molecule has 0 fully saturated rings. The number of rotatable bonds is 6. The minimum Gasteiger partial charge on any atom is -0.406 e. The molecule has 0 aliphatic rings. The lowest BCUT2D eigenvalue weighted by atomic mass is 10.1. The third kappa shape index (κ3) is 5.96. The highest BCUT2D eigenvalue weighted by atomic mass is 35.5. The Hall–Kier alpha value is -3.07. The van der Waals surface area contributed by atoms with Gasteiger partial charge in [0, 0.05) is 23.4 Å². The molecule has 0 aliphatic carbocycles. The summed E-state index contributed by atoms with van der Waals surface area (Å²) in [4.78, 5) is 8.72. The summed E-state index contributed by atoms with van der Waals surface area (Å²) in [6.45, 7) is 3.78. The lowest BCUT2D eigenvalue weighted by molar-refractivity contribution is -0.274. The summed E-state index contributed by atoms with van der Waals surface area (Å²) in [7, 11) is 0. The van der Waals surface area contributed by atoms with Gasteiger partial charge in [0.1, 0.15) is 17.4 Å². The van der Waals surface area contributed by atoms with Crippen molar-refractivity contribution in [3.63, 3.8) is 0 Å². The Morgan fingerprint density at radius 2 is 1.80 bits per heavy atom. The van der Waals surface area contributed by atoms with Crippen LogP contribution in [0.5, 0.6) is 5.75 Å². The Bertz CT molecular complexity index is 1040. The molecule has 0 unspecified atom stereocenters. The minimum absolute atomic E-state index is 0.00765. The van der Waals surface area contributed by atoms with Gasteiger partial charge in [-0.1, -0.05) is 23.7 Å². The van der Waals surface area contributed by atoms with E-state index in [0.29, 0.717) is 22.8 Å². The zero-order valence-electron chi connectivity index (χ0n) is 15.9. The van der Waals surface area contributed by atoms with Crippen LogP contribution in [0, 0.1) is 5.82 Å². The third-order valence-electron chi connectivity index (χ3n) is 3.70. The smallest absolute Gasteiger partial charge is 0.406 e. The van der Waals surface area contributed by atoms with E-state index in [-0.39, 0.29) is 22.8 Å². The fraction of sp³-hybridized carbons (Fsp3) is 0.200. The van der Waals surface area contributed by atoms with Crippen LogP contribution in [0.15, 0.2) is 48.5 Å². The molecule has 2 aromatic carbocycles. The number of halogens is 5. The molecule has 0 saturated carbocycles. The number of anilines is 3. The van der Waals surface area contributed by atoms with Crippen LogP contribution in [0.1, 0.15) is 13.8 Å². The van der Waals surface area contributed by atoms with Crippen molar-refractivity contribution in [3.05, 3.63) is 59.4 Å². The molecule has 0 saturated heterocycles. The maximum atomic E-state index is 13.4. The van der Waals surface area contributed by atoms with Crippen LogP contribution in [-0.2, 0) is 0 Å². The molecule has 158 valence electrons. The van der Waals surface area contributed by atoms with Crippen LogP contribution >= 0.6 is 11.6 Å². The highest BCUT2D eigenvalue weighted by Gasteiger charge is 2.31. The number of nitrogens with one attached hydrogen (secondary N) is 2. The van der Waals surface area contributed by atoms with E-state index in [4.69, 9.17) is 11.6 Å². The first-order chi connectivity index (χ1) is 14.1. The molecule has 30 heavy (non-hydrogen) atoms. The number of nitrogens with zero attached hydrogens (tertiary/aromatic N) is 2. The van der Waals surface area contributed by atoms with Crippen molar-refractivity contribution in [2.45, 2.75) is 26.3 Å². The molecule has 0 radical (unpaired) electrons. The predicted octanol–water partition coefficient (Wildman–Crippen LogP) is 6.40. The second kappa shape index (κ2) is 8.74. The van der Waals surface area contributed by atoms with Gasteiger partial charge in [-0.2, -0.15) is 4.98 Å². The van der Waals surface area contributed by atoms with E-state index in [9.17, 15) is 17.6 Å². The van der Waals surface area contributed by atoms with Gasteiger partial charge in [-0.05, 0) is 44.2 Å². The van der Waals surface area contributed by atoms with E-state index in [1.165, 1.54) is 36.4 Å². The average Bonchev–Trinajstić information content (AvgIpc) is 2.63. The minimum atomic E-state index is -4.80. The Morgan fingerprint density at radius 1 is 1.03 bits per heavy atom. The number of benzene rings is 2. The van der Waals surface area contributed by atoms with Crippen LogP contribution in [0.2, 0.25) is 5.02 Å². The fourth-order valence-electron chi connectivity index (χ4n) is 2.56. The lowest BCUT2D eigenvalue weighted by Crippen LogP contribution is -2.17. The highest BCUT2D eigenvalue weighted by molar-refractivity contribution is 6.31. The molecule has 5 nitrogen and oxygen atoms in total. The van der Waals surface area contributed by atoms with E-state index in [1.807, 2.05) is 13.8 Å². The van der Waals surface area contributed by atoms with Gasteiger partial charge in [-0.25, -0.2) is 9.37 Å². The average molecular weight is 441 g/mol. The van der Waals surface area contributed by atoms with Crippen LogP contribution in [-0.4, -0.2) is 22.4 Å². The molecule has 0 atom stereocenters. The predicted molar refractivity (Wildman–Crippen MR) is 108 cm³/mol. The van der Waals surface area contributed by atoms with Crippen molar-refractivity contribution in [2.24, 2.45) is 0 Å². The maximum Gasteiger partial charge on any atom is 0.573 e. The first-order valence-corrected chi connectivity index (χ1v) is 9.21. The fourth-order valence-corrected chi connectivity index (χ4v) is 2.74. The Morgan fingerprint density at radius 3 is 2.47 bits per heavy atom. The summed E-state index contributed by atoms with van der Waals surface area (Å²) in [6, 6.07) is 11.1. The molecule has 1 heterocycles. The van der Waals surface area contributed by atoms with E-state index < -0.39 is 12.2 Å². The SMILES string of the molecule is CC(C)Nc1nc(Nc2ccc(F)c(Cl)c2)cc(-c2cccc(OC(F)(F)F)c2)n1. The highest BCUT2D eigenvalue weighted by Crippen LogP contribution is 2.30. The Labute approximate surface area is 175 Å². The van der Waals surface area contributed by atoms with Crippen LogP contribution < -0.4 is 15.4 Å². The number of aromatic nitrogens is 2. The summed E-state index contributed by atoms with van der Waals surface area (Å²) in [6.07, 6.45) is -4.80. The number of alkyl halides is 3. The number of hydrogen-bond donors (Lipinski definition) is 2. The molecule has 10 heteroatoms. The lowest BCUT2D eigenvalue weighted by Gasteiger charge is -2.14. The molecule has 3 aromatic rings. The van der Waals surface area contributed by atoms with Gasteiger partial charge in [0.05, 0.1) is 10.7 Å². The third-order valence-corrected chi connectivity index (χ3v) is 3.99. The largest absolute Gasteiger partial charge is 0.573 e. The molecule has 1 aromatic heterocycles. The second-order valence-electron chi connectivity index (χ2n) is 6.59. The van der Waals surface area contributed by atoms with Gasteiger partial charge < -0.3 is 15.4 Å². The molecule has 0 aliphatic heterocycles. The van der Waals surface area contributed by atoms with Crippen molar-refractivity contribution in [2.75, 3.05) is 10.6 Å². The normalized spacial score (nSPS) is 11.5. The van der Waals surface area contributed by atoms with Crippen molar-refractivity contribution < 1.29 is 22.3 Å². The van der Waals surface area contributed by atoms with Gasteiger partial charge >= 0.3 is 6.36 Å². The van der Waals surface area contributed by atoms with Crippen molar-refractivity contribution in [3.8, 4) is 17.0 Å². The summed E-state index contributed by atoms with van der Waals surface area (Å²) in [5, 5.41) is 5.99. The van der Waals surface area contributed by atoms with Crippen molar-refractivity contribution in [1.82, 2.24) is 9.97 Å². The molecular weight excluding hydrogens is 424 g/mol. The monoisotopic (exact) mass is 440 g/mol. The van der Waals surface area contributed by atoms with E-state index in [2.05, 4.69) is 25.3 Å². The molecule has 0 bridgehead atoms. The van der Waals surface area contributed by atoms with Crippen molar-refractivity contribution >= 4 is 29.1 Å². The van der Waals surface area contributed by atoms with Crippen LogP contribution in [0.3, 0.4) is 0 Å². The first-order valence-electron chi connectivity index (χ1n) is 8.83. The molecular formula is C20H17ClF4N4O. The van der Waals surface area contributed by atoms with Gasteiger partial charge in [-0.15, -0.1) is 13.2 Å². The summed E-state index contributed by atoms with van der Waals surface area (Å²) in [5.41, 5.74) is 1.23. The van der Waals surface area contributed by atoms with Crippen molar-refractivity contribution in [1.29, 1.82) is 0 Å². The second-order valence-corrected chi connectivity index (χ2v) is 7.00. The van der Waals surface area contributed by atoms with Crippen LogP contribution in [0.4, 0.5) is 35.0 Å². The number of ether oxygens (including phenoxy) is 1. The van der Waals surface area contributed by atoms with Crippen LogP contribution in [0.25, 0.3) is 11.3 Å². The first kappa shape index (κ1) is 21.6. The number of hydrogen-bond acceptors (Lipinski definition) is 5. The maximum absolute atomic E-state index is 13.4. The molecule has 0 amide bonds. The van der Waals surface area contributed by atoms with Gasteiger partial charge in [0.2, 0.25) is 5.95 Å². The Balaban J connectivity index is 1.98. The summed E-state index contributed by atoms with van der Waals surface area (Å²) in [5.74, 6) is -0.320. The summed E-state index contributed by atoms with van der Waals surface area (Å²) < 4.78 is 55.0. The van der Waals surface area contributed by atoms with E-state index in [1.54, 1.807) is 12.1 Å². The zero-order valence-corrected chi connectivity index (χ0v) is 16.6. The van der Waals surface area contributed by atoms with E-state index >= 15 is 0 Å². The zero-order chi connectivity index (χ0) is 21.9.